The number of amides is 1. The van der Waals surface area contributed by atoms with Crippen molar-refractivity contribution in [1.29, 1.82) is 0 Å². The smallest absolute Gasteiger partial charge is 0.259 e. The summed E-state index contributed by atoms with van der Waals surface area (Å²) in [4.78, 5) is 14.9. The molecule has 2 heteroatoms. The number of hydrogen-bond acceptors (Lipinski definition) is 1. The standard InChI is InChI=1S/C21H17NO/c23-21-19-14-8-7-13-18(19)20(15-16-9-3-1-4-10-16)22(21)17-11-5-2-6-12-17/h1-14,20H,15H2/t20-/m1/s1. The van der Waals surface area contributed by atoms with Gasteiger partial charge in [-0.25, -0.2) is 0 Å². The molecule has 23 heavy (non-hydrogen) atoms. The number of benzene rings is 3. The van der Waals surface area contributed by atoms with Gasteiger partial charge in [-0.1, -0.05) is 66.7 Å². The van der Waals surface area contributed by atoms with E-state index in [-0.39, 0.29) is 11.9 Å². The Morgan fingerprint density at radius 2 is 1.35 bits per heavy atom. The Balaban J connectivity index is 1.79. The molecule has 0 spiro atoms. The van der Waals surface area contributed by atoms with Crippen molar-refractivity contribution in [3.05, 3.63) is 102 Å². The van der Waals surface area contributed by atoms with Crippen LogP contribution in [-0.4, -0.2) is 5.91 Å². The van der Waals surface area contributed by atoms with E-state index in [4.69, 9.17) is 0 Å². The molecule has 3 aromatic carbocycles. The van der Waals surface area contributed by atoms with Crippen molar-refractivity contribution in [1.82, 2.24) is 0 Å². The van der Waals surface area contributed by atoms with Crippen molar-refractivity contribution in [2.45, 2.75) is 12.5 Å². The van der Waals surface area contributed by atoms with Crippen molar-refractivity contribution in [3.8, 4) is 0 Å². The Morgan fingerprint density at radius 3 is 2.09 bits per heavy atom. The minimum absolute atomic E-state index is 0.0449. The van der Waals surface area contributed by atoms with E-state index in [9.17, 15) is 4.79 Å². The van der Waals surface area contributed by atoms with E-state index >= 15 is 0 Å². The van der Waals surface area contributed by atoms with Crippen LogP contribution in [0.25, 0.3) is 0 Å². The first-order valence-electron chi connectivity index (χ1n) is 7.86. The molecule has 0 unspecified atom stereocenters. The Morgan fingerprint density at radius 1 is 0.739 bits per heavy atom. The lowest BCUT2D eigenvalue weighted by atomic mass is 9.98. The normalized spacial score (nSPS) is 16.4. The molecule has 1 heterocycles. The van der Waals surface area contributed by atoms with Gasteiger partial charge in [0.1, 0.15) is 0 Å². The summed E-state index contributed by atoms with van der Waals surface area (Å²) in [7, 11) is 0. The molecular weight excluding hydrogens is 282 g/mol. The molecule has 0 saturated carbocycles. The second-order valence-corrected chi connectivity index (χ2v) is 5.80. The van der Waals surface area contributed by atoms with Crippen molar-refractivity contribution >= 4 is 11.6 Å². The van der Waals surface area contributed by atoms with Gasteiger partial charge in [0, 0.05) is 11.3 Å². The molecule has 0 aliphatic carbocycles. The maximum absolute atomic E-state index is 12.9. The van der Waals surface area contributed by atoms with Gasteiger partial charge in [0.2, 0.25) is 0 Å². The lowest BCUT2D eigenvalue weighted by Crippen LogP contribution is -2.28. The molecule has 1 atom stereocenters. The Hall–Kier alpha value is -2.87. The molecule has 1 aliphatic heterocycles. The molecule has 0 bridgehead atoms. The molecule has 0 fully saturated rings. The van der Waals surface area contributed by atoms with Gasteiger partial charge in [-0.2, -0.15) is 0 Å². The summed E-state index contributed by atoms with van der Waals surface area (Å²) in [6.07, 6.45) is 0.818. The summed E-state index contributed by atoms with van der Waals surface area (Å²) in [5, 5.41) is 0. The van der Waals surface area contributed by atoms with Crippen LogP contribution in [0.1, 0.15) is 27.5 Å². The Labute approximate surface area is 136 Å². The van der Waals surface area contributed by atoms with E-state index in [2.05, 4.69) is 18.2 Å². The zero-order chi connectivity index (χ0) is 15.6. The second kappa shape index (κ2) is 5.73. The number of anilines is 1. The van der Waals surface area contributed by atoms with Gasteiger partial charge in [-0.05, 0) is 35.7 Å². The first-order valence-corrected chi connectivity index (χ1v) is 7.86. The number of carbonyl (C=O) groups excluding carboxylic acids is 1. The number of nitrogens with zero attached hydrogens (tertiary/aromatic N) is 1. The average molecular weight is 299 g/mol. The van der Waals surface area contributed by atoms with Crippen LogP contribution < -0.4 is 4.90 Å². The van der Waals surface area contributed by atoms with E-state index in [1.165, 1.54) is 5.56 Å². The summed E-state index contributed by atoms with van der Waals surface area (Å²) in [5.41, 5.74) is 4.13. The van der Waals surface area contributed by atoms with Crippen LogP contribution in [0.5, 0.6) is 0 Å². The molecule has 2 nitrogen and oxygen atoms in total. The third kappa shape index (κ3) is 2.42. The van der Waals surface area contributed by atoms with Gasteiger partial charge in [-0.15, -0.1) is 0 Å². The lowest BCUT2D eigenvalue weighted by Gasteiger charge is -2.25. The molecule has 0 radical (unpaired) electrons. The van der Waals surface area contributed by atoms with Crippen molar-refractivity contribution < 1.29 is 4.79 Å². The summed E-state index contributed by atoms with van der Waals surface area (Å²) in [6, 6.07) is 28.3. The molecular formula is C21H17NO. The van der Waals surface area contributed by atoms with Gasteiger partial charge in [0.25, 0.3) is 5.91 Å². The SMILES string of the molecule is O=C1c2ccccc2[C@@H](Cc2ccccc2)N1c1ccccc1. The highest BCUT2D eigenvalue weighted by atomic mass is 16.2. The summed E-state index contributed by atoms with van der Waals surface area (Å²) in [6.45, 7) is 0. The van der Waals surface area contributed by atoms with Crippen LogP contribution in [0.15, 0.2) is 84.9 Å². The molecule has 4 rings (SSSR count). The number of hydrogen-bond donors (Lipinski definition) is 0. The van der Waals surface area contributed by atoms with Crippen molar-refractivity contribution in [3.63, 3.8) is 0 Å². The predicted octanol–water partition coefficient (Wildman–Crippen LogP) is 4.63. The van der Waals surface area contributed by atoms with Crippen LogP contribution in [-0.2, 0) is 6.42 Å². The maximum Gasteiger partial charge on any atom is 0.259 e. The summed E-state index contributed by atoms with van der Waals surface area (Å²) >= 11 is 0. The zero-order valence-electron chi connectivity index (χ0n) is 12.7. The maximum atomic E-state index is 12.9. The molecule has 0 aromatic heterocycles. The lowest BCUT2D eigenvalue weighted by molar-refractivity contribution is 0.0991. The number of para-hydroxylation sites is 1. The second-order valence-electron chi connectivity index (χ2n) is 5.80. The van der Waals surface area contributed by atoms with Crippen LogP contribution in [0, 0.1) is 0 Å². The third-order valence-electron chi connectivity index (χ3n) is 4.39. The van der Waals surface area contributed by atoms with Gasteiger partial charge in [-0.3, -0.25) is 4.79 Å². The Bertz CT molecular complexity index is 827. The van der Waals surface area contributed by atoms with Crippen molar-refractivity contribution in [2.24, 2.45) is 0 Å². The van der Waals surface area contributed by atoms with Gasteiger partial charge >= 0.3 is 0 Å². The molecule has 1 amide bonds. The van der Waals surface area contributed by atoms with Crippen molar-refractivity contribution in [2.75, 3.05) is 4.90 Å². The first-order chi connectivity index (χ1) is 11.3. The fraction of sp³-hybridized carbons (Fsp3) is 0.0952. The van der Waals surface area contributed by atoms with Crippen LogP contribution >= 0.6 is 0 Å². The number of fused-ring (bicyclic) bond motifs is 1. The molecule has 0 N–H and O–H groups in total. The monoisotopic (exact) mass is 299 g/mol. The van der Waals surface area contributed by atoms with Gasteiger partial charge in [0.05, 0.1) is 6.04 Å². The first kappa shape index (κ1) is 13.8. The predicted molar refractivity (Wildman–Crippen MR) is 92.6 cm³/mol. The minimum atomic E-state index is 0.0449. The summed E-state index contributed by atoms with van der Waals surface area (Å²) < 4.78 is 0. The average Bonchev–Trinajstić information content (AvgIpc) is 2.89. The minimum Gasteiger partial charge on any atom is -0.301 e. The van der Waals surface area contributed by atoms with E-state index in [1.807, 2.05) is 71.6 Å². The van der Waals surface area contributed by atoms with Crippen LogP contribution in [0.4, 0.5) is 5.69 Å². The largest absolute Gasteiger partial charge is 0.301 e. The van der Waals surface area contributed by atoms with Gasteiger partial charge < -0.3 is 4.90 Å². The Kier molecular flexibility index (Phi) is 3.43. The van der Waals surface area contributed by atoms with E-state index in [1.54, 1.807) is 0 Å². The molecule has 1 aliphatic rings. The third-order valence-corrected chi connectivity index (χ3v) is 4.39. The van der Waals surface area contributed by atoms with E-state index in [0.717, 1.165) is 23.2 Å². The highest BCUT2D eigenvalue weighted by molar-refractivity contribution is 6.11. The highest BCUT2D eigenvalue weighted by Crippen LogP contribution is 2.39. The molecule has 3 aromatic rings. The summed E-state index contributed by atoms with van der Waals surface area (Å²) in [5.74, 6) is 0.0905. The quantitative estimate of drug-likeness (QED) is 0.690. The van der Waals surface area contributed by atoms with Crippen LogP contribution in [0.2, 0.25) is 0 Å². The fourth-order valence-electron chi connectivity index (χ4n) is 3.32. The number of carbonyl (C=O) groups is 1. The van der Waals surface area contributed by atoms with Gasteiger partial charge in [0.15, 0.2) is 0 Å². The number of rotatable bonds is 3. The van der Waals surface area contributed by atoms with E-state index in [0.29, 0.717) is 0 Å². The highest BCUT2D eigenvalue weighted by Gasteiger charge is 2.37. The van der Waals surface area contributed by atoms with Crippen LogP contribution in [0.3, 0.4) is 0 Å². The van der Waals surface area contributed by atoms with E-state index < -0.39 is 0 Å². The molecule has 112 valence electrons. The molecule has 0 saturated heterocycles. The zero-order valence-corrected chi connectivity index (χ0v) is 12.7. The fourth-order valence-corrected chi connectivity index (χ4v) is 3.32. The topological polar surface area (TPSA) is 20.3 Å².